The molecule has 6 heteroatoms. The molecule has 2 aromatic heterocycles. The summed E-state index contributed by atoms with van der Waals surface area (Å²) in [5, 5.41) is 4.99. The van der Waals surface area contributed by atoms with Gasteiger partial charge < -0.3 is 15.0 Å². The van der Waals surface area contributed by atoms with E-state index in [0.29, 0.717) is 13.1 Å². The van der Waals surface area contributed by atoms with Gasteiger partial charge in [-0.25, -0.2) is 4.79 Å². The van der Waals surface area contributed by atoms with Crippen molar-refractivity contribution in [3.05, 3.63) is 46.9 Å². The van der Waals surface area contributed by atoms with Gasteiger partial charge in [0, 0.05) is 23.8 Å². The van der Waals surface area contributed by atoms with E-state index < -0.39 is 0 Å². The molecule has 2 amide bonds. The highest BCUT2D eigenvalue weighted by atomic mass is 32.1. The predicted molar refractivity (Wildman–Crippen MR) is 86.0 cm³/mol. The summed E-state index contributed by atoms with van der Waals surface area (Å²) in [6.45, 7) is 1.99. The summed E-state index contributed by atoms with van der Waals surface area (Å²) in [5.74, 6) is 0.806. The molecule has 0 radical (unpaired) electrons. The van der Waals surface area contributed by atoms with Crippen molar-refractivity contribution < 1.29 is 9.53 Å². The lowest BCUT2D eigenvalue weighted by atomic mass is 10.1. The van der Waals surface area contributed by atoms with E-state index >= 15 is 0 Å². The smallest absolute Gasteiger partial charge is 0.317 e. The number of amides is 2. The Morgan fingerprint density at radius 3 is 3.05 bits per heavy atom. The lowest BCUT2D eigenvalue weighted by Crippen LogP contribution is -2.48. The molecule has 22 heavy (non-hydrogen) atoms. The van der Waals surface area contributed by atoms with Gasteiger partial charge in [0.1, 0.15) is 11.9 Å². The quantitative estimate of drug-likeness (QED) is 0.943. The molecule has 2 aromatic rings. The normalized spacial score (nSPS) is 18.0. The Balaban J connectivity index is 1.50. The Morgan fingerprint density at radius 1 is 1.41 bits per heavy atom. The van der Waals surface area contributed by atoms with Gasteiger partial charge >= 0.3 is 6.03 Å². The third kappa shape index (κ3) is 3.98. The van der Waals surface area contributed by atoms with E-state index in [0.717, 1.165) is 30.0 Å². The summed E-state index contributed by atoms with van der Waals surface area (Å²) in [7, 11) is 0. The van der Waals surface area contributed by atoms with Gasteiger partial charge in [0.15, 0.2) is 0 Å². The molecule has 0 unspecified atom stereocenters. The maximum Gasteiger partial charge on any atom is 0.317 e. The van der Waals surface area contributed by atoms with E-state index in [1.807, 2.05) is 34.5 Å². The van der Waals surface area contributed by atoms with Gasteiger partial charge in [0.2, 0.25) is 0 Å². The number of pyridine rings is 1. The third-order valence-electron chi connectivity index (χ3n) is 3.61. The predicted octanol–water partition coefficient (Wildman–Crippen LogP) is 2.90. The highest BCUT2D eigenvalue weighted by Crippen LogP contribution is 2.18. The van der Waals surface area contributed by atoms with Crippen LogP contribution in [0.2, 0.25) is 0 Å². The highest BCUT2D eigenvalue weighted by Gasteiger charge is 2.24. The van der Waals surface area contributed by atoms with Crippen molar-refractivity contribution in [1.82, 2.24) is 15.2 Å². The van der Waals surface area contributed by atoms with Crippen molar-refractivity contribution in [2.24, 2.45) is 0 Å². The number of piperidine rings is 1. The largest absolute Gasteiger partial charge is 0.488 e. The number of urea groups is 1. The second-order valence-electron chi connectivity index (χ2n) is 5.25. The summed E-state index contributed by atoms with van der Waals surface area (Å²) in [5.41, 5.74) is 0. The summed E-state index contributed by atoms with van der Waals surface area (Å²) in [6, 6.07) is 7.68. The zero-order valence-corrected chi connectivity index (χ0v) is 13.1. The molecule has 1 fully saturated rings. The van der Waals surface area contributed by atoms with Crippen LogP contribution in [0.5, 0.6) is 5.75 Å². The first kappa shape index (κ1) is 14.8. The fraction of sp³-hybridized carbons (Fsp3) is 0.375. The highest BCUT2D eigenvalue weighted by molar-refractivity contribution is 7.09. The van der Waals surface area contributed by atoms with E-state index in [9.17, 15) is 4.79 Å². The number of rotatable bonds is 4. The molecule has 1 N–H and O–H groups in total. The molecular formula is C16H19N3O2S. The summed E-state index contributed by atoms with van der Waals surface area (Å²) in [4.78, 5) is 19.2. The molecule has 0 spiro atoms. The third-order valence-corrected chi connectivity index (χ3v) is 4.49. The van der Waals surface area contributed by atoms with Crippen LogP contribution in [0.3, 0.4) is 0 Å². The lowest BCUT2D eigenvalue weighted by Gasteiger charge is -2.32. The van der Waals surface area contributed by atoms with Crippen LogP contribution in [0.15, 0.2) is 42.0 Å². The van der Waals surface area contributed by atoms with Crippen molar-refractivity contribution in [2.75, 3.05) is 13.1 Å². The molecule has 1 aliphatic heterocycles. The number of nitrogens with zero attached hydrogens (tertiary/aromatic N) is 2. The molecule has 0 saturated carbocycles. The van der Waals surface area contributed by atoms with Gasteiger partial charge in [-0.15, -0.1) is 11.3 Å². The summed E-state index contributed by atoms with van der Waals surface area (Å²) < 4.78 is 5.93. The van der Waals surface area contributed by atoms with Crippen LogP contribution in [-0.4, -0.2) is 35.1 Å². The van der Waals surface area contributed by atoms with Crippen molar-refractivity contribution in [3.63, 3.8) is 0 Å². The van der Waals surface area contributed by atoms with Crippen LogP contribution in [-0.2, 0) is 6.54 Å². The summed E-state index contributed by atoms with van der Waals surface area (Å²) in [6.07, 6.45) is 5.40. The number of carbonyl (C=O) groups excluding carboxylic acids is 1. The number of hydrogen-bond donors (Lipinski definition) is 1. The minimum absolute atomic E-state index is 0.0172. The molecular weight excluding hydrogens is 298 g/mol. The Bertz CT molecular complexity index is 589. The van der Waals surface area contributed by atoms with Gasteiger partial charge in [-0.05, 0) is 36.4 Å². The topological polar surface area (TPSA) is 54.5 Å². The van der Waals surface area contributed by atoms with Gasteiger partial charge in [-0.1, -0.05) is 6.07 Å². The van der Waals surface area contributed by atoms with Crippen LogP contribution in [0.1, 0.15) is 17.7 Å². The van der Waals surface area contributed by atoms with E-state index in [2.05, 4.69) is 10.3 Å². The summed E-state index contributed by atoms with van der Waals surface area (Å²) >= 11 is 1.65. The van der Waals surface area contributed by atoms with Crippen LogP contribution < -0.4 is 10.1 Å². The minimum Gasteiger partial charge on any atom is -0.488 e. The van der Waals surface area contributed by atoms with Crippen LogP contribution in [0.25, 0.3) is 0 Å². The first-order valence-electron chi connectivity index (χ1n) is 7.43. The maximum absolute atomic E-state index is 12.2. The van der Waals surface area contributed by atoms with E-state index in [1.165, 1.54) is 0 Å². The fourth-order valence-corrected chi connectivity index (χ4v) is 3.16. The van der Waals surface area contributed by atoms with Crippen molar-refractivity contribution >= 4 is 17.4 Å². The Labute approximate surface area is 133 Å². The Hall–Kier alpha value is -2.08. The number of likely N-dealkylation sites (tertiary alicyclic amines) is 1. The molecule has 3 rings (SSSR count). The Kier molecular flexibility index (Phi) is 4.90. The van der Waals surface area contributed by atoms with E-state index in [-0.39, 0.29) is 12.1 Å². The first-order valence-corrected chi connectivity index (χ1v) is 8.31. The monoisotopic (exact) mass is 317 g/mol. The maximum atomic E-state index is 12.2. The Morgan fingerprint density at radius 2 is 2.27 bits per heavy atom. The van der Waals surface area contributed by atoms with Gasteiger partial charge in [0.05, 0.1) is 13.1 Å². The minimum atomic E-state index is -0.0172. The first-order chi connectivity index (χ1) is 10.8. The van der Waals surface area contributed by atoms with Gasteiger partial charge in [0.25, 0.3) is 0 Å². The average Bonchev–Trinajstić information content (AvgIpc) is 3.07. The van der Waals surface area contributed by atoms with E-state index in [4.69, 9.17) is 4.74 Å². The molecule has 3 heterocycles. The number of thiophene rings is 1. The van der Waals surface area contributed by atoms with Crippen LogP contribution in [0.4, 0.5) is 4.79 Å². The fourth-order valence-electron chi connectivity index (χ4n) is 2.52. The molecule has 1 atom stereocenters. The zero-order valence-electron chi connectivity index (χ0n) is 12.3. The van der Waals surface area contributed by atoms with Crippen molar-refractivity contribution in [1.29, 1.82) is 0 Å². The zero-order chi connectivity index (χ0) is 15.2. The second-order valence-corrected chi connectivity index (χ2v) is 6.28. The molecule has 1 saturated heterocycles. The molecule has 0 bridgehead atoms. The van der Waals surface area contributed by atoms with Crippen molar-refractivity contribution in [3.8, 4) is 5.75 Å². The molecule has 1 aliphatic rings. The number of hydrogen-bond acceptors (Lipinski definition) is 4. The SMILES string of the molecule is O=C(NCc1cccs1)N1CCC[C@@H](Oc2ccncc2)C1. The molecule has 5 nitrogen and oxygen atoms in total. The van der Waals surface area contributed by atoms with Gasteiger partial charge in [-0.2, -0.15) is 0 Å². The number of nitrogens with one attached hydrogen (secondary N) is 1. The van der Waals surface area contributed by atoms with E-state index in [1.54, 1.807) is 23.7 Å². The number of ether oxygens (including phenoxy) is 1. The lowest BCUT2D eigenvalue weighted by molar-refractivity contribution is 0.101. The number of aromatic nitrogens is 1. The molecule has 0 aromatic carbocycles. The number of carbonyl (C=O) groups is 1. The van der Waals surface area contributed by atoms with Crippen LogP contribution in [0, 0.1) is 0 Å². The average molecular weight is 317 g/mol. The molecule has 116 valence electrons. The second kappa shape index (κ2) is 7.26. The van der Waals surface area contributed by atoms with Crippen LogP contribution >= 0.6 is 11.3 Å². The molecule has 0 aliphatic carbocycles. The standard InChI is InChI=1S/C16H19N3O2S/c20-16(18-11-15-4-2-10-22-15)19-9-1-3-14(12-19)21-13-5-7-17-8-6-13/h2,4-8,10,14H,1,3,9,11-12H2,(H,18,20)/t14-/m1/s1. The van der Waals surface area contributed by atoms with Gasteiger partial charge in [-0.3, -0.25) is 4.98 Å². The van der Waals surface area contributed by atoms with Crippen molar-refractivity contribution in [2.45, 2.75) is 25.5 Å².